The van der Waals surface area contributed by atoms with E-state index in [9.17, 15) is 5.26 Å². The van der Waals surface area contributed by atoms with Crippen molar-refractivity contribution in [3.63, 3.8) is 0 Å². The molecule has 0 saturated carbocycles. The largest absolute Gasteiger partial charge is 0.308 e. The van der Waals surface area contributed by atoms with Crippen LogP contribution in [0.25, 0.3) is 65.7 Å². The van der Waals surface area contributed by atoms with E-state index in [1.165, 1.54) is 48.9 Å². The van der Waals surface area contributed by atoms with Crippen molar-refractivity contribution in [2.75, 3.05) is 0 Å². The van der Waals surface area contributed by atoms with E-state index in [2.05, 4.69) is 106 Å². The number of aryl methyl sites for hydroxylation is 1. The van der Waals surface area contributed by atoms with Crippen molar-refractivity contribution in [2.24, 2.45) is 4.99 Å². The van der Waals surface area contributed by atoms with E-state index >= 15 is 0 Å². The third kappa shape index (κ3) is 3.33. The van der Waals surface area contributed by atoms with Crippen LogP contribution in [0.4, 0.5) is 0 Å². The minimum atomic E-state index is 0.599. The lowest BCUT2D eigenvalue weighted by atomic mass is 9.97. The maximum Gasteiger partial charge on any atom is 0.134 e. The van der Waals surface area contributed by atoms with Gasteiger partial charge in [-0.05, 0) is 66.9 Å². The summed E-state index contributed by atoms with van der Waals surface area (Å²) in [6.07, 6.45) is 5.77. The van der Waals surface area contributed by atoms with Gasteiger partial charge >= 0.3 is 0 Å². The van der Waals surface area contributed by atoms with Crippen molar-refractivity contribution in [3.05, 3.63) is 150 Å². The van der Waals surface area contributed by atoms with E-state index in [0.29, 0.717) is 5.56 Å². The lowest BCUT2D eigenvalue weighted by molar-refractivity contribution is 0.962. The average Bonchev–Trinajstić information content (AvgIpc) is 3.73. The van der Waals surface area contributed by atoms with Crippen LogP contribution in [-0.2, 0) is 6.42 Å². The van der Waals surface area contributed by atoms with Crippen molar-refractivity contribution in [1.82, 2.24) is 14.0 Å². The Hall–Kier alpha value is -6.25. The Morgan fingerprint density at radius 1 is 0.652 bits per heavy atom. The zero-order valence-electron chi connectivity index (χ0n) is 24.8. The first-order valence-corrected chi connectivity index (χ1v) is 15.6. The van der Waals surface area contributed by atoms with Crippen LogP contribution in [0.15, 0.2) is 133 Å². The van der Waals surface area contributed by atoms with Gasteiger partial charge in [0, 0.05) is 44.1 Å². The van der Waals surface area contributed by atoms with Crippen LogP contribution in [0.2, 0.25) is 0 Å². The molecule has 0 radical (unpaired) electrons. The highest BCUT2D eigenvalue weighted by Gasteiger charge is 2.25. The zero-order valence-corrected chi connectivity index (χ0v) is 24.8. The molecular formula is C41H25N5. The first-order valence-electron chi connectivity index (χ1n) is 15.6. The van der Waals surface area contributed by atoms with E-state index in [4.69, 9.17) is 9.98 Å². The molecule has 1 aliphatic rings. The van der Waals surface area contributed by atoms with Gasteiger partial charge in [0.1, 0.15) is 5.82 Å². The number of pyridine rings is 1. The Balaban J connectivity index is 1.39. The minimum absolute atomic E-state index is 0.599. The molecule has 0 bridgehead atoms. The van der Waals surface area contributed by atoms with E-state index in [-0.39, 0.29) is 0 Å². The number of allylic oxidation sites excluding steroid dienone is 1. The molecule has 46 heavy (non-hydrogen) atoms. The van der Waals surface area contributed by atoms with Crippen molar-refractivity contribution in [2.45, 2.75) is 12.8 Å². The van der Waals surface area contributed by atoms with Crippen molar-refractivity contribution in [1.29, 1.82) is 5.26 Å². The van der Waals surface area contributed by atoms with E-state index in [1.807, 2.05) is 36.5 Å². The normalized spacial score (nSPS) is 13.7. The molecule has 0 amide bonds. The summed E-state index contributed by atoms with van der Waals surface area (Å²) in [5, 5.41) is 17.2. The summed E-state index contributed by atoms with van der Waals surface area (Å²) in [5.74, 6) is 0.863. The highest BCUT2D eigenvalue weighted by atomic mass is 15.1. The van der Waals surface area contributed by atoms with Crippen LogP contribution in [0.5, 0.6) is 0 Å². The van der Waals surface area contributed by atoms with E-state index < -0.39 is 0 Å². The Morgan fingerprint density at radius 2 is 1.37 bits per heavy atom. The molecule has 0 aliphatic carbocycles. The smallest absolute Gasteiger partial charge is 0.134 e. The predicted octanol–water partition coefficient (Wildman–Crippen LogP) is 9.49. The van der Waals surface area contributed by atoms with Crippen LogP contribution in [-0.4, -0.2) is 19.7 Å². The molecular weight excluding hydrogens is 562 g/mol. The molecule has 9 aromatic rings. The SMILES string of the molecule is N#Cc1cccc(C2=NC(n3c4ccccc4c4cc5c6ccccc6n6c7ccccc7c(c43)c56)=CCCc3cccnc32)c1. The molecule has 0 spiro atoms. The van der Waals surface area contributed by atoms with Gasteiger partial charge in [0.05, 0.1) is 50.6 Å². The fourth-order valence-corrected chi connectivity index (χ4v) is 7.70. The second-order valence-corrected chi connectivity index (χ2v) is 12.0. The molecule has 1 aliphatic heterocycles. The van der Waals surface area contributed by atoms with E-state index in [0.717, 1.165) is 52.2 Å². The molecule has 5 aromatic carbocycles. The van der Waals surface area contributed by atoms with Crippen molar-refractivity contribution in [3.8, 4) is 6.07 Å². The van der Waals surface area contributed by atoms with E-state index in [1.54, 1.807) is 0 Å². The molecule has 0 fully saturated rings. The Morgan fingerprint density at radius 3 is 2.20 bits per heavy atom. The van der Waals surface area contributed by atoms with Gasteiger partial charge in [-0.25, -0.2) is 4.99 Å². The summed E-state index contributed by atoms with van der Waals surface area (Å²) < 4.78 is 4.80. The molecule has 5 nitrogen and oxygen atoms in total. The number of nitriles is 1. The number of aromatic nitrogens is 3. The van der Waals surface area contributed by atoms with Gasteiger partial charge in [-0.2, -0.15) is 5.26 Å². The maximum atomic E-state index is 9.75. The molecule has 0 saturated heterocycles. The molecule has 4 aromatic heterocycles. The maximum absolute atomic E-state index is 9.75. The molecule has 10 rings (SSSR count). The molecule has 0 unspecified atom stereocenters. The number of hydrogen-bond acceptors (Lipinski definition) is 3. The number of aliphatic imine (C=N–C) groups is 1. The topological polar surface area (TPSA) is 58.4 Å². The first-order chi connectivity index (χ1) is 22.8. The standard InChI is InChI=1S/C41H25N5/c42-24-25-10-7-12-27(22-25)39-38-26(13-9-21-43-38)11-8-20-36(44-39)46-34-18-5-2-15-29(34)32-23-31-28-14-1-4-17-33(28)45-35-19-6-3-16-30(35)37(40(31)45)41(32)46/h1-7,9-10,12-23H,8,11H2. The highest BCUT2D eigenvalue weighted by molar-refractivity contribution is 6.34. The van der Waals surface area contributed by atoms with Gasteiger partial charge in [0.2, 0.25) is 0 Å². The number of benzene rings is 5. The fraction of sp³-hybridized carbons (Fsp3) is 0.0488. The Kier molecular flexibility index (Phi) is 5.12. The lowest BCUT2D eigenvalue weighted by Gasteiger charge is -2.17. The van der Waals surface area contributed by atoms with Gasteiger partial charge in [0.25, 0.3) is 0 Å². The second-order valence-electron chi connectivity index (χ2n) is 12.0. The fourth-order valence-electron chi connectivity index (χ4n) is 7.70. The number of fused-ring (bicyclic) bond motifs is 11. The summed E-state index contributed by atoms with van der Waals surface area (Å²) in [4.78, 5) is 10.4. The van der Waals surface area contributed by atoms with Crippen LogP contribution in [0.3, 0.4) is 0 Å². The van der Waals surface area contributed by atoms with Crippen LogP contribution >= 0.6 is 0 Å². The Labute approximate surface area is 263 Å². The van der Waals surface area contributed by atoms with Gasteiger partial charge in [-0.3, -0.25) is 9.55 Å². The molecule has 5 heterocycles. The van der Waals surface area contributed by atoms with Crippen molar-refractivity contribution >= 4 is 71.4 Å². The monoisotopic (exact) mass is 587 g/mol. The third-order valence-corrected chi connectivity index (χ3v) is 9.58. The summed E-state index contributed by atoms with van der Waals surface area (Å²) in [5.41, 5.74) is 10.2. The Bertz CT molecular complexity index is 2820. The molecule has 5 heteroatoms. The van der Waals surface area contributed by atoms with Crippen molar-refractivity contribution < 1.29 is 0 Å². The summed E-state index contributed by atoms with van der Waals surface area (Å²) in [7, 11) is 0. The number of hydrogen-bond donors (Lipinski definition) is 0. The third-order valence-electron chi connectivity index (χ3n) is 9.58. The summed E-state index contributed by atoms with van der Waals surface area (Å²) >= 11 is 0. The van der Waals surface area contributed by atoms with Crippen LogP contribution < -0.4 is 0 Å². The quantitative estimate of drug-likeness (QED) is 0.202. The van der Waals surface area contributed by atoms with Crippen LogP contribution in [0.1, 0.15) is 28.8 Å². The second kappa shape index (κ2) is 9.37. The average molecular weight is 588 g/mol. The minimum Gasteiger partial charge on any atom is -0.308 e. The van der Waals surface area contributed by atoms with Crippen LogP contribution in [0, 0.1) is 11.3 Å². The summed E-state index contributed by atoms with van der Waals surface area (Å²) in [6, 6.07) is 42.7. The highest BCUT2D eigenvalue weighted by Crippen LogP contribution is 2.46. The van der Waals surface area contributed by atoms with Gasteiger partial charge in [-0.1, -0.05) is 72.8 Å². The number of rotatable bonds is 2. The molecule has 0 N–H and O–H groups in total. The summed E-state index contributed by atoms with van der Waals surface area (Å²) in [6.45, 7) is 0. The number of nitrogens with zero attached hydrogens (tertiary/aromatic N) is 5. The zero-order chi connectivity index (χ0) is 30.4. The predicted molar refractivity (Wildman–Crippen MR) is 188 cm³/mol. The lowest BCUT2D eigenvalue weighted by Crippen LogP contribution is -2.13. The molecule has 0 atom stereocenters. The molecule has 214 valence electrons. The first kappa shape index (κ1) is 25.1. The number of para-hydroxylation sites is 3. The van der Waals surface area contributed by atoms with Gasteiger partial charge in [-0.15, -0.1) is 0 Å². The van der Waals surface area contributed by atoms with Gasteiger partial charge in [0.15, 0.2) is 0 Å². The van der Waals surface area contributed by atoms with Gasteiger partial charge < -0.3 is 4.40 Å².